The number of alkyl halides is 1. The molecule has 0 saturated heterocycles. The predicted molar refractivity (Wildman–Crippen MR) is 46.0 cm³/mol. The summed E-state index contributed by atoms with van der Waals surface area (Å²) < 4.78 is 9.42. The van der Waals surface area contributed by atoms with Gasteiger partial charge in [0, 0.05) is 5.33 Å². The van der Waals surface area contributed by atoms with Crippen molar-refractivity contribution in [2.75, 3.05) is 11.9 Å². The first-order valence-electron chi connectivity index (χ1n) is 3.56. The van der Waals surface area contributed by atoms with Gasteiger partial charge in [0.05, 0.1) is 12.7 Å². The highest BCUT2D eigenvalue weighted by molar-refractivity contribution is 9.09. The van der Waals surface area contributed by atoms with Gasteiger partial charge in [0.15, 0.2) is 0 Å². The highest BCUT2D eigenvalue weighted by atomic mass is 79.9. The second kappa shape index (κ2) is 6.46. The molecule has 0 saturated carbocycles. The molecule has 0 aromatic heterocycles. The van der Waals surface area contributed by atoms with Crippen LogP contribution >= 0.6 is 15.9 Å². The van der Waals surface area contributed by atoms with Gasteiger partial charge in [-0.05, 0) is 20.3 Å². The Morgan fingerprint density at radius 2 is 2.18 bits per heavy atom. The number of carbonyl (C=O) groups is 1. The van der Waals surface area contributed by atoms with E-state index >= 15 is 0 Å². The fraction of sp³-hybridized carbons (Fsp3) is 0.857. The largest absolute Gasteiger partial charge is 0.508 e. The van der Waals surface area contributed by atoms with Gasteiger partial charge in [0.2, 0.25) is 0 Å². The number of carbonyl (C=O) groups excluding carboxylic acids is 1. The molecule has 0 fully saturated rings. The monoisotopic (exact) mass is 224 g/mol. The maximum absolute atomic E-state index is 10.7. The van der Waals surface area contributed by atoms with E-state index in [0.717, 1.165) is 11.8 Å². The summed E-state index contributed by atoms with van der Waals surface area (Å²) in [7, 11) is 0. The highest BCUT2D eigenvalue weighted by Crippen LogP contribution is 1.94. The summed E-state index contributed by atoms with van der Waals surface area (Å²) in [5, 5.41) is 0.835. The fourth-order valence-corrected chi connectivity index (χ4v) is 0.665. The average Bonchev–Trinajstić information content (AvgIpc) is 1.86. The maximum Gasteiger partial charge on any atom is 0.508 e. The Morgan fingerprint density at radius 3 is 2.64 bits per heavy atom. The van der Waals surface area contributed by atoms with Crippen molar-refractivity contribution in [1.29, 1.82) is 0 Å². The van der Waals surface area contributed by atoms with Crippen LogP contribution in [0.1, 0.15) is 20.3 Å². The lowest BCUT2D eigenvalue weighted by Crippen LogP contribution is -2.13. The summed E-state index contributed by atoms with van der Waals surface area (Å²) in [6.07, 6.45) is 0.125. The van der Waals surface area contributed by atoms with Crippen molar-refractivity contribution in [2.45, 2.75) is 26.4 Å². The molecule has 0 rings (SSSR count). The van der Waals surface area contributed by atoms with Crippen LogP contribution in [-0.4, -0.2) is 24.2 Å². The molecule has 3 nitrogen and oxygen atoms in total. The van der Waals surface area contributed by atoms with Crippen molar-refractivity contribution in [3.63, 3.8) is 0 Å². The lowest BCUT2D eigenvalue weighted by atomic mass is 10.5. The van der Waals surface area contributed by atoms with E-state index in [4.69, 9.17) is 9.47 Å². The predicted octanol–water partition coefficient (Wildman–Crippen LogP) is 2.33. The molecule has 0 spiro atoms. The van der Waals surface area contributed by atoms with Crippen LogP contribution in [0.3, 0.4) is 0 Å². The van der Waals surface area contributed by atoms with Crippen LogP contribution in [0.15, 0.2) is 0 Å². The zero-order valence-corrected chi connectivity index (χ0v) is 8.39. The molecule has 4 heteroatoms. The van der Waals surface area contributed by atoms with E-state index in [1.807, 2.05) is 0 Å². The van der Waals surface area contributed by atoms with Crippen LogP contribution in [0.4, 0.5) is 4.79 Å². The molecule has 0 atom stereocenters. The lowest BCUT2D eigenvalue weighted by Gasteiger charge is -2.07. The van der Waals surface area contributed by atoms with Gasteiger partial charge in [0.1, 0.15) is 0 Å². The number of rotatable bonds is 4. The van der Waals surface area contributed by atoms with E-state index < -0.39 is 6.16 Å². The van der Waals surface area contributed by atoms with Crippen LogP contribution in [-0.2, 0) is 9.47 Å². The maximum atomic E-state index is 10.7. The van der Waals surface area contributed by atoms with Gasteiger partial charge in [0.25, 0.3) is 0 Å². The van der Waals surface area contributed by atoms with Crippen molar-refractivity contribution in [2.24, 2.45) is 0 Å². The van der Waals surface area contributed by atoms with Crippen molar-refractivity contribution in [3.05, 3.63) is 0 Å². The number of ether oxygens (including phenoxy) is 2. The standard InChI is InChI=1S/C7H13BrO3/c1-6(2)11-7(9)10-5-3-4-8/h6H,3-5H2,1-2H3. The Hall–Kier alpha value is -0.250. The van der Waals surface area contributed by atoms with E-state index in [1.165, 1.54) is 0 Å². The molecule has 0 heterocycles. The summed E-state index contributed by atoms with van der Waals surface area (Å²) in [4.78, 5) is 10.7. The van der Waals surface area contributed by atoms with Gasteiger partial charge in [-0.25, -0.2) is 4.79 Å². The minimum absolute atomic E-state index is 0.105. The Kier molecular flexibility index (Phi) is 6.31. The van der Waals surface area contributed by atoms with Gasteiger partial charge >= 0.3 is 6.16 Å². The van der Waals surface area contributed by atoms with Crippen LogP contribution in [0.5, 0.6) is 0 Å². The third-order valence-electron chi connectivity index (χ3n) is 0.830. The van der Waals surface area contributed by atoms with Crippen molar-refractivity contribution >= 4 is 22.1 Å². The number of halogens is 1. The van der Waals surface area contributed by atoms with E-state index in [1.54, 1.807) is 13.8 Å². The summed E-state index contributed by atoms with van der Waals surface area (Å²) >= 11 is 3.22. The van der Waals surface area contributed by atoms with Crippen LogP contribution in [0.2, 0.25) is 0 Å². The fourth-order valence-electron chi connectivity index (χ4n) is 0.437. The van der Waals surface area contributed by atoms with Crippen molar-refractivity contribution < 1.29 is 14.3 Å². The van der Waals surface area contributed by atoms with Crippen molar-refractivity contribution in [3.8, 4) is 0 Å². The first-order valence-corrected chi connectivity index (χ1v) is 4.68. The normalized spacial score (nSPS) is 9.82. The topological polar surface area (TPSA) is 35.5 Å². The second-order valence-corrected chi connectivity index (χ2v) is 3.10. The van der Waals surface area contributed by atoms with Crippen LogP contribution in [0.25, 0.3) is 0 Å². The molecule has 11 heavy (non-hydrogen) atoms. The summed E-state index contributed by atoms with van der Waals surface area (Å²) in [6.45, 7) is 3.98. The van der Waals surface area contributed by atoms with Crippen LogP contribution < -0.4 is 0 Å². The van der Waals surface area contributed by atoms with Gasteiger partial charge in [-0.3, -0.25) is 0 Å². The highest BCUT2D eigenvalue weighted by Gasteiger charge is 2.04. The number of hydrogen-bond donors (Lipinski definition) is 0. The molecule has 0 aliphatic rings. The zero-order valence-electron chi connectivity index (χ0n) is 6.80. The number of hydrogen-bond acceptors (Lipinski definition) is 3. The molecule has 0 aromatic rings. The van der Waals surface area contributed by atoms with E-state index in [2.05, 4.69) is 15.9 Å². The molecule has 0 radical (unpaired) electrons. The summed E-state index contributed by atoms with van der Waals surface area (Å²) in [5.41, 5.74) is 0. The van der Waals surface area contributed by atoms with Gasteiger partial charge in [-0.1, -0.05) is 15.9 Å². The third kappa shape index (κ3) is 7.65. The van der Waals surface area contributed by atoms with Crippen LogP contribution in [0, 0.1) is 0 Å². The molecule has 0 unspecified atom stereocenters. The Bertz CT molecular complexity index is 114. The molecule has 66 valence electrons. The molecule has 0 aliphatic carbocycles. The first kappa shape index (κ1) is 10.8. The van der Waals surface area contributed by atoms with E-state index in [0.29, 0.717) is 6.61 Å². The van der Waals surface area contributed by atoms with Gasteiger partial charge in [-0.15, -0.1) is 0 Å². The quantitative estimate of drug-likeness (QED) is 0.418. The minimum Gasteiger partial charge on any atom is -0.434 e. The smallest absolute Gasteiger partial charge is 0.434 e. The zero-order chi connectivity index (χ0) is 8.69. The average molecular weight is 225 g/mol. The molecule has 0 aliphatic heterocycles. The van der Waals surface area contributed by atoms with Gasteiger partial charge < -0.3 is 9.47 Å². The summed E-state index contributed by atoms with van der Waals surface area (Å²) in [5.74, 6) is 0. The van der Waals surface area contributed by atoms with Gasteiger partial charge in [-0.2, -0.15) is 0 Å². The SMILES string of the molecule is CC(C)OC(=O)OCCCBr. The second-order valence-electron chi connectivity index (χ2n) is 2.31. The van der Waals surface area contributed by atoms with Crippen molar-refractivity contribution in [1.82, 2.24) is 0 Å². The lowest BCUT2D eigenvalue weighted by molar-refractivity contribution is 0.0349. The third-order valence-corrected chi connectivity index (χ3v) is 1.39. The molecule has 0 amide bonds. The Morgan fingerprint density at radius 1 is 1.55 bits per heavy atom. The first-order chi connectivity index (χ1) is 5.16. The summed E-state index contributed by atoms with van der Waals surface area (Å²) in [6, 6.07) is 0. The molecular weight excluding hydrogens is 212 g/mol. The molecule has 0 N–H and O–H groups in total. The Balaban J connectivity index is 3.23. The molecular formula is C7H13BrO3. The van der Waals surface area contributed by atoms with E-state index in [-0.39, 0.29) is 6.10 Å². The molecule has 0 bridgehead atoms. The minimum atomic E-state index is -0.582. The Labute approximate surface area is 75.2 Å². The van der Waals surface area contributed by atoms with E-state index in [9.17, 15) is 4.79 Å². The molecule has 0 aromatic carbocycles.